The van der Waals surface area contributed by atoms with Crippen molar-refractivity contribution in [1.29, 1.82) is 0 Å². The number of rotatable bonds is 5. The number of benzene rings is 1. The van der Waals surface area contributed by atoms with Crippen molar-refractivity contribution in [3.05, 3.63) is 35.9 Å². The van der Waals surface area contributed by atoms with Gasteiger partial charge < -0.3 is 5.32 Å². The van der Waals surface area contributed by atoms with Crippen molar-refractivity contribution in [2.75, 3.05) is 0 Å². The zero-order valence-electron chi connectivity index (χ0n) is 12.1. The van der Waals surface area contributed by atoms with E-state index in [9.17, 15) is 0 Å². The first-order valence-corrected chi connectivity index (χ1v) is 8.12. The maximum atomic E-state index is 3.86. The minimum Gasteiger partial charge on any atom is -0.311 e. The molecule has 0 aromatic heterocycles. The van der Waals surface area contributed by atoms with Crippen LogP contribution >= 0.6 is 0 Å². The Morgan fingerprint density at radius 2 is 1.68 bits per heavy atom. The van der Waals surface area contributed by atoms with Crippen LogP contribution in [0.3, 0.4) is 0 Å². The van der Waals surface area contributed by atoms with Gasteiger partial charge in [0.15, 0.2) is 0 Å². The van der Waals surface area contributed by atoms with E-state index in [1.165, 1.54) is 44.9 Å². The highest BCUT2D eigenvalue weighted by Crippen LogP contribution is 2.35. The van der Waals surface area contributed by atoms with Gasteiger partial charge in [0, 0.05) is 12.1 Å². The number of hydrogen-bond acceptors (Lipinski definition) is 1. The number of hydrogen-bond donors (Lipinski definition) is 1. The molecule has 1 atom stereocenters. The third kappa shape index (κ3) is 3.82. The van der Waals surface area contributed by atoms with Crippen LogP contribution in [0.15, 0.2) is 30.3 Å². The zero-order chi connectivity index (χ0) is 13.1. The van der Waals surface area contributed by atoms with E-state index in [0.29, 0.717) is 0 Å². The molecule has 2 aliphatic carbocycles. The molecule has 2 aliphatic rings. The Kier molecular flexibility index (Phi) is 4.22. The third-order valence-corrected chi connectivity index (χ3v) is 4.90. The molecule has 104 valence electrons. The smallest absolute Gasteiger partial charge is 0.00699 e. The quantitative estimate of drug-likeness (QED) is 0.819. The maximum absolute atomic E-state index is 3.86. The van der Waals surface area contributed by atoms with Crippen LogP contribution in [0.25, 0.3) is 0 Å². The van der Waals surface area contributed by atoms with Crippen molar-refractivity contribution in [2.45, 2.75) is 69.9 Å². The minimum absolute atomic E-state index is 0.728. The van der Waals surface area contributed by atoms with E-state index in [0.717, 1.165) is 23.9 Å². The van der Waals surface area contributed by atoms with Gasteiger partial charge in [-0.2, -0.15) is 0 Å². The molecular weight excluding hydrogens is 230 g/mol. The molecule has 19 heavy (non-hydrogen) atoms. The second-order valence-corrected chi connectivity index (χ2v) is 6.71. The van der Waals surface area contributed by atoms with Gasteiger partial charge in [-0.15, -0.1) is 0 Å². The van der Waals surface area contributed by atoms with Gasteiger partial charge in [-0.3, -0.25) is 0 Å². The summed E-state index contributed by atoms with van der Waals surface area (Å²) >= 11 is 0. The summed E-state index contributed by atoms with van der Waals surface area (Å²) in [6, 6.07) is 12.6. The average molecular weight is 257 g/mol. The molecule has 0 radical (unpaired) electrons. The lowest BCUT2D eigenvalue weighted by Gasteiger charge is -2.31. The molecule has 2 fully saturated rings. The van der Waals surface area contributed by atoms with Gasteiger partial charge in [0.25, 0.3) is 0 Å². The first-order valence-electron chi connectivity index (χ1n) is 8.12. The van der Waals surface area contributed by atoms with Crippen LogP contribution in [0.4, 0.5) is 0 Å². The topological polar surface area (TPSA) is 12.0 Å². The summed E-state index contributed by atoms with van der Waals surface area (Å²) in [7, 11) is 0. The van der Waals surface area contributed by atoms with E-state index in [-0.39, 0.29) is 0 Å². The summed E-state index contributed by atoms with van der Waals surface area (Å²) in [6.07, 6.45) is 9.79. The van der Waals surface area contributed by atoms with E-state index >= 15 is 0 Å². The molecular formula is C18H27N. The van der Waals surface area contributed by atoms with E-state index < -0.39 is 0 Å². The molecule has 2 saturated carbocycles. The van der Waals surface area contributed by atoms with Gasteiger partial charge >= 0.3 is 0 Å². The van der Waals surface area contributed by atoms with Crippen molar-refractivity contribution in [3.63, 3.8) is 0 Å². The third-order valence-electron chi connectivity index (χ3n) is 4.90. The summed E-state index contributed by atoms with van der Waals surface area (Å²) in [5.41, 5.74) is 1.55. The molecule has 0 spiro atoms. The normalized spacial score (nSPS) is 29.1. The SMILES string of the molecule is CC(CC1CC1)NC1CCC(c2ccccc2)CC1. The van der Waals surface area contributed by atoms with Crippen LogP contribution < -0.4 is 5.32 Å². The Morgan fingerprint density at radius 1 is 1.00 bits per heavy atom. The molecule has 1 aromatic rings. The molecule has 1 aromatic carbocycles. The van der Waals surface area contributed by atoms with Gasteiger partial charge in [-0.25, -0.2) is 0 Å². The van der Waals surface area contributed by atoms with Gasteiger partial charge in [0.2, 0.25) is 0 Å². The summed E-state index contributed by atoms with van der Waals surface area (Å²) in [5, 5.41) is 3.86. The van der Waals surface area contributed by atoms with E-state index in [1.807, 2.05) is 0 Å². The Morgan fingerprint density at radius 3 is 2.32 bits per heavy atom. The van der Waals surface area contributed by atoms with E-state index in [1.54, 1.807) is 5.56 Å². The molecule has 0 amide bonds. The van der Waals surface area contributed by atoms with Crippen molar-refractivity contribution in [2.24, 2.45) is 5.92 Å². The maximum Gasteiger partial charge on any atom is 0.00699 e. The highest BCUT2D eigenvalue weighted by molar-refractivity contribution is 5.20. The average Bonchev–Trinajstić information content (AvgIpc) is 3.24. The van der Waals surface area contributed by atoms with E-state index in [2.05, 4.69) is 42.6 Å². The Hall–Kier alpha value is -0.820. The fraction of sp³-hybridized carbons (Fsp3) is 0.667. The molecule has 0 bridgehead atoms. The Labute approximate surface area is 117 Å². The molecule has 1 heteroatoms. The van der Waals surface area contributed by atoms with Crippen molar-refractivity contribution < 1.29 is 0 Å². The Balaban J connectivity index is 1.44. The molecule has 1 unspecified atom stereocenters. The lowest BCUT2D eigenvalue weighted by Crippen LogP contribution is -2.39. The first-order chi connectivity index (χ1) is 9.31. The predicted octanol–water partition coefficient (Wildman–Crippen LogP) is 4.49. The first kappa shape index (κ1) is 13.2. The van der Waals surface area contributed by atoms with Crippen molar-refractivity contribution in [3.8, 4) is 0 Å². The van der Waals surface area contributed by atoms with Crippen LogP contribution in [0.1, 0.15) is 63.4 Å². The van der Waals surface area contributed by atoms with Gasteiger partial charge in [-0.05, 0) is 56.4 Å². The van der Waals surface area contributed by atoms with Crippen LogP contribution in [0.2, 0.25) is 0 Å². The second kappa shape index (κ2) is 6.09. The number of nitrogens with one attached hydrogen (secondary N) is 1. The summed E-state index contributed by atoms with van der Waals surface area (Å²) < 4.78 is 0. The highest BCUT2D eigenvalue weighted by atomic mass is 14.9. The lowest BCUT2D eigenvalue weighted by atomic mass is 9.81. The minimum atomic E-state index is 0.728. The molecule has 3 rings (SSSR count). The molecule has 0 aliphatic heterocycles. The summed E-state index contributed by atoms with van der Waals surface area (Å²) in [5.74, 6) is 1.85. The predicted molar refractivity (Wildman–Crippen MR) is 81.4 cm³/mol. The van der Waals surface area contributed by atoms with E-state index in [4.69, 9.17) is 0 Å². The molecule has 0 saturated heterocycles. The van der Waals surface area contributed by atoms with Crippen LogP contribution in [-0.4, -0.2) is 12.1 Å². The van der Waals surface area contributed by atoms with Gasteiger partial charge in [0.1, 0.15) is 0 Å². The standard InChI is InChI=1S/C18H27N/c1-14(13-15-7-8-15)19-18-11-9-17(10-12-18)16-5-3-2-4-6-16/h2-6,14-15,17-19H,7-13H2,1H3. The fourth-order valence-corrected chi connectivity index (χ4v) is 3.64. The molecule has 0 heterocycles. The summed E-state index contributed by atoms with van der Waals surface area (Å²) in [4.78, 5) is 0. The Bertz CT molecular complexity index is 374. The largest absolute Gasteiger partial charge is 0.311 e. The van der Waals surface area contributed by atoms with Gasteiger partial charge in [0.05, 0.1) is 0 Å². The fourth-order valence-electron chi connectivity index (χ4n) is 3.64. The second-order valence-electron chi connectivity index (χ2n) is 6.71. The van der Waals surface area contributed by atoms with Crippen LogP contribution in [0, 0.1) is 5.92 Å². The van der Waals surface area contributed by atoms with Crippen LogP contribution in [0.5, 0.6) is 0 Å². The van der Waals surface area contributed by atoms with Crippen molar-refractivity contribution in [1.82, 2.24) is 5.32 Å². The van der Waals surface area contributed by atoms with Crippen LogP contribution in [-0.2, 0) is 0 Å². The molecule has 1 N–H and O–H groups in total. The monoisotopic (exact) mass is 257 g/mol. The molecule has 1 nitrogen and oxygen atoms in total. The highest BCUT2D eigenvalue weighted by Gasteiger charge is 2.26. The van der Waals surface area contributed by atoms with Crippen molar-refractivity contribution >= 4 is 0 Å². The van der Waals surface area contributed by atoms with Gasteiger partial charge in [-0.1, -0.05) is 43.2 Å². The lowest BCUT2D eigenvalue weighted by molar-refractivity contribution is 0.310. The zero-order valence-corrected chi connectivity index (χ0v) is 12.1. The summed E-state index contributed by atoms with van der Waals surface area (Å²) in [6.45, 7) is 2.38.